The molecule has 88 valence electrons. The Balaban J connectivity index is 2.14. The number of carbonyl (C=O) groups is 1. The molecule has 0 heterocycles. The zero-order chi connectivity index (χ0) is 11.1. The maximum Gasteiger partial charge on any atom is 0.236 e. The molecule has 0 aliphatic heterocycles. The van der Waals surface area contributed by atoms with E-state index in [1.165, 1.54) is 25.7 Å². The van der Waals surface area contributed by atoms with Crippen molar-refractivity contribution in [2.75, 3.05) is 26.7 Å². The molecule has 0 bridgehead atoms. The van der Waals surface area contributed by atoms with Gasteiger partial charge < -0.3 is 10.2 Å². The van der Waals surface area contributed by atoms with Gasteiger partial charge in [-0.15, -0.1) is 0 Å². The number of hydrogen-bond acceptors (Lipinski definition) is 2. The zero-order valence-electron chi connectivity index (χ0n) is 10.1. The van der Waals surface area contributed by atoms with Crippen LogP contribution in [0.25, 0.3) is 0 Å². The molecule has 1 rings (SSSR count). The molecular weight excluding hydrogens is 188 g/mol. The average molecular weight is 212 g/mol. The van der Waals surface area contributed by atoms with Crippen molar-refractivity contribution >= 4 is 5.91 Å². The van der Waals surface area contributed by atoms with Crippen molar-refractivity contribution < 1.29 is 4.79 Å². The maximum absolute atomic E-state index is 11.7. The highest BCUT2D eigenvalue weighted by Gasteiger charge is 2.18. The predicted molar refractivity (Wildman–Crippen MR) is 62.8 cm³/mol. The average Bonchev–Trinajstić information content (AvgIpc) is 2.70. The first-order valence-electron chi connectivity index (χ1n) is 6.18. The number of carbonyl (C=O) groups excluding carboxylic acids is 1. The first kappa shape index (κ1) is 12.5. The summed E-state index contributed by atoms with van der Waals surface area (Å²) in [7, 11) is 1.92. The fourth-order valence-electron chi connectivity index (χ4n) is 2.19. The molecule has 1 amide bonds. The Morgan fingerprint density at radius 1 is 1.40 bits per heavy atom. The van der Waals surface area contributed by atoms with Crippen molar-refractivity contribution in [2.24, 2.45) is 5.92 Å². The number of likely N-dealkylation sites (N-methyl/N-ethyl adjacent to an activating group) is 1. The van der Waals surface area contributed by atoms with E-state index in [4.69, 9.17) is 0 Å². The van der Waals surface area contributed by atoms with Crippen molar-refractivity contribution in [3.8, 4) is 0 Å². The van der Waals surface area contributed by atoms with Crippen LogP contribution in [0, 0.1) is 5.92 Å². The third-order valence-electron chi connectivity index (χ3n) is 3.14. The molecule has 0 radical (unpaired) electrons. The number of nitrogens with one attached hydrogen (secondary N) is 1. The quantitative estimate of drug-likeness (QED) is 0.679. The molecule has 1 saturated carbocycles. The van der Waals surface area contributed by atoms with Crippen LogP contribution in [-0.4, -0.2) is 37.5 Å². The van der Waals surface area contributed by atoms with Gasteiger partial charge in [-0.25, -0.2) is 0 Å². The number of nitrogens with zero attached hydrogens (tertiary/aromatic N) is 1. The highest BCUT2D eigenvalue weighted by atomic mass is 16.2. The van der Waals surface area contributed by atoms with E-state index >= 15 is 0 Å². The largest absolute Gasteiger partial charge is 0.344 e. The molecule has 0 unspecified atom stereocenters. The lowest BCUT2D eigenvalue weighted by Gasteiger charge is -2.21. The molecule has 0 spiro atoms. The molecule has 3 heteroatoms. The van der Waals surface area contributed by atoms with Crippen LogP contribution in [-0.2, 0) is 4.79 Å². The summed E-state index contributed by atoms with van der Waals surface area (Å²) in [5, 5.41) is 3.15. The van der Waals surface area contributed by atoms with Crippen molar-refractivity contribution in [1.29, 1.82) is 0 Å². The lowest BCUT2D eigenvalue weighted by Crippen LogP contribution is -2.38. The molecule has 1 N–H and O–H groups in total. The van der Waals surface area contributed by atoms with E-state index in [0.29, 0.717) is 6.54 Å². The molecule has 0 aromatic rings. The van der Waals surface area contributed by atoms with E-state index in [2.05, 4.69) is 12.2 Å². The second-order valence-electron chi connectivity index (χ2n) is 4.60. The Bertz CT molecular complexity index is 188. The summed E-state index contributed by atoms with van der Waals surface area (Å²) >= 11 is 0. The van der Waals surface area contributed by atoms with Gasteiger partial charge >= 0.3 is 0 Å². The SMILES string of the molecule is CCCNCC(=O)N(C)CC1CCCC1. The minimum Gasteiger partial charge on any atom is -0.344 e. The molecule has 0 aromatic heterocycles. The van der Waals surface area contributed by atoms with Crippen LogP contribution in [0.4, 0.5) is 0 Å². The monoisotopic (exact) mass is 212 g/mol. The van der Waals surface area contributed by atoms with Gasteiger partial charge in [0, 0.05) is 13.6 Å². The molecule has 0 aromatic carbocycles. The summed E-state index contributed by atoms with van der Waals surface area (Å²) in [6.45, 7) is 4.49. The Morgan fingerprint density at radius 2 is 2.07 bits per heavy atom. The highest BCUT2D eigenvalue weighted by molar-refractivity contribution is 5.77. The van der Waals surface area contributed by atoms with Gasteiger partial charge in [-0.3, -0.25) is 4.79 Å². The van der Waals surface area contributed by atoms with Crippen LogP contribution >= 0.6 is 0 Å². The predicted octanol–water partition coefficient (Wildman–Crippen LogP) is 1.63. The Kier molecular flexibility index (Phi) is 5.69. The van der Waals surface area contributed by atoms with E-state index in [1.54, 1.807) is 0 Å². The number of hydrogen-bond donors (Lipinski definition) is 1. The van der Waals surface area contributed by atoms with Crippen molar-refractivity contribution in [3.63, 3.8) is 0 Å². The second-order valence-corrected chi connectivity index (χ2v) is 4.60. The number of amides is 1. The highest BCUT2D eigenvalue weighted by Crippen LogP contribution is 2.24. The van der Waals surface area contributed by atoms with E-state index in [0.717, 1.165) is 25.4 Å². The lowest BCUT2D eigenvalue weighted by molar-refractivity contribution is -0.129. The van der Waals surface area contributed by atoms with Gasteiger partial charge in [0.05, 0.1) is 6.54 Å². The van der Waals surface area contributed by atoms with Crippen molar-refractivity contribution in [2.45, 2.75) is 39.0 Å². The van der Waals surface area contributed by atoms with E-state index < -0.39 is 0 Å². The minimum atomic E-state index is 0.232. The third-order valence-corrected chi connectivity index (χ3v) is 3.14. The standard InChI is InChI=1S/C12H24N2O/c1-3-8-13-9-12(15)14(2)10-11-6-4-5-7-11/h11,13H,3-10H2,1-2H3. The summed E-state index contributed by atoms with van der Waals surface area (Å²) < 4.78 is 0. The van der Waals surface area contributed by atoms with Crippen molar-refractivity contribution in [3.05, 3.63) is 0 Å². The summed E-state index contributed by atoms with van der Waals surface area (Å²) in [4.78, 5) is 13.6. The zero-order valence-corrected chi connectivity index (χ0v) is 10.1. The fourth-order valence-corrected chi connectivity index (χ4v) is 2.19. The van der Waals surface area contributed by atoms with Crippen LogP contribution < -0.4 is 5.32 Å². The van der Waals surface area contributed by atoms with Crippen LogP contribution in [0.2, 0.25) is 0 Å². The van der Waals surface area contributed by atoms with Gasteiger partial charge in [-0.05, 0) is 31.7 Å². The molecule has 1 aliphatic rings. The first-order chi connectivity index (χ1) is 7.24. The number of rotatable bonds is 6. The Morgan fingerprint density at radius 3 is 2.67 bits per heavy atom. The molecule has 1 aliphatic carbocycles. The Hall–Kier alpha value is -0.570. The molecule has 0 saturated heterocycles. The smallest absolute Gasteiger partial charge is 0.236 e. The van der Waals surface area contributed by atoms with Crippen LogP contribution in [0.5, 0.6) is 0 Å². The molecule has 3 nitrogen and oxygen atoms in total. The lowest BCUT2D eigenvalue weighted by atomic mass is 10.1. The van der Waals surface area contributed by atoms with E-state index in [1.807, 2.05) is 11.9 Å². The van der Waals surface area contributed by atoms with Gasteiger partial charge in [0.25, 0.3) is 0 Å². The van der Waals surface area contributed by atoms with E-state index in [9.17, 15) is 4.79 Å². The topological polar surface area (TPSA) is 32.3 Å². The summed E-state index contributed by atoms with van der Waals surface area (Å²) in [5.74, 6) is 0.987. The van der Waals surface area contributed by atoms with Gasteiger partial charge in [-0.2, -0.15) is 0 Å². The molecular formula is C12H24N2O. The normalized spacial score (nSPS) is 16.9. The molecule has 1 fully saturated rings. The van der Waals surface area contributed by atoms with Crippen LogP contribution in [0.3, 0.4) is 0 Å². The molecule has 15 heavy (non-hydrogen) atoms. The van der Waals surface area contributed by atoms with Gasteiger partial charge in [0.15, 0.2) is 0 Å². The van der Waals surface area contributed by atoms with Crippen molar-refractivity contribution in [1.82, 2.24) is 10.2 Å². The van der Waals surface area contributed by atoms with Crippen LogP contribution in [0.15, 0.2) is 0 Å². The van der Waals surface area contributed by atoms with E-state index in [-0.39, 0.29) is 5.91 Å². The second kappa shape index (κ2) is 6.83. The van der Waals surface area contributed by atoms with Gasteiger partial charge in [0.2, 0.25) is 5.91 Å². The minimum absolute atomic E-state index is 0.232. The van der Waals surface area contributed by atoms with Gasteiger partial charge in [-0.1, -0.05) is 19.8 Å². The summed E-state index contributed by atoms with van der Waals surface area (Å²) in [6.07, 6.45) is 6.39. The summed E-state index contributed by atoms with van der Waals surface area (Å²) in [5.41, 5.74) is 0. The molecule has 0 atom stereocenters. The van der Waals surface area contributed by atoms with Crippen LogP contribution in [0.1, 0.15) is 39.0 Å². The maximum atomic E-state index is 11.7. The van der Waals surface area contributed by atoms with Gasteiger partial charge in [0.1, 0.15) is 0 Å². The first-order valence-corrected chi connectivity index (χ1v) is 6.18. The Labute approximate surface area is 93.2 Å². The summed E-state index contributed by atoms with van der Waals surface area (Å²) in [6, 6.07) is 0. The fraction of sp³-hybridized carbons (Fsp3) is 0.917. The third kappa shape index (κ3) is 4.65.